The van der Waals surface area contributed by atoms with Gasteiger partial charge in [0.25, 0.3) is 0 Å². The van der Waals surface area contributed by atoms with Gasteiger partial charge in [-0.25, -0.2) is 15.0 Å². The number of hydrogen-bond acceptors (Lipinski definition) is 7. The summed E-state index contributed by atoms with van der Waals surface area (Å²) in [5, 5.41) is 3.33. The van der Waals surface area contributed by atoms with Crippen LogP contribution in [0.4, 0.5) is 5.95 Å². The first-order chi connectivity index (χ1) is 13.2. The summed E-state index contributed by atoms with van der Waals surface area (Å²) in [4.78, 5) is 15.3. The Morgan fingerprint density at radius 2 is 2.11 bits per heavy atom. The highest BCUT2D eigenvalue weighted by atomic mass is 16.5. The van der Waals surface area contributed by atoms with Gasteiger partial charge in [0, 0.05) is 56.9 Å². The Balaban J connectivity index is 1.28. The van der Waals surface area contributed by atoms with E-state index in [1.165, 1.54) is 0 Å². The van der Waals surface area contributed by atoms with Crippen LogP contribution in [0.1, 0.15) is 24.0 Å². The normalized spacial score (nSPS) is 21.2. The van der Waals surface area contributed by atoms with E-state index in [9.17, 15) is 0 Å². The van der Waals surface area contributed by atoms with Gasteiger partial charge in [0.05, 0.1) is 12.7 Å². The monoisotopic (exact) mass is 369 g/mol. The van der Waals surface area contributed by atoms with Crippen molar-refractivity contribution >= 4 is 5.95 Å². The molecule has 2 aromatic heterocycles. The minimum absolute atomic E-state index is 0.00522. The van der Waals surface area contributed by atoms with Gasteiger partial charge in [0.2, 0.25) is 11.8 Å². The average Bonchev–Trinajstić information content (AvgIpc) is 3.07. The molecular weight excluding hydrogens is 342 g/mol. The molecule has 0 aromatic carbocycles. The Hall–Kier alpha value is -2.25. The summed E-state index contributed by atoms with van der Waals surface area (Å²) in [7, 11) is 1.67. The van der Waals surface area contributed by atoms with Gasteiger partial charge < -0.3 is 14.8 Å². The minimum Gasteiger partial charge on any atom is -0.481 e. The molecule has 4 rings (SSSR count). The third-order valence-electron chi connectivity index (χ3n) is 5.58. The number of hydrogen-bond donors (Lipinski definition) is 1. The molecule has 0 aliphatic carbocycles. The number of likely N-dealkylation sites (tertiary alicyclic amines) is 1. The van der Waals surface area contributed by atoms with E-state index in [1.54, 1.807) is 13.3 Å². The van der Waals surface area contributed by atoms with Crippen LogP contribution in [0, 0.1) is 12.8 Å². The quantitative estimate of drug-likeness (QED) is 0.803. The third kappa shape index (κ3) is 3.89. The van der Waals surface area contributed by atoms with Crippen LogP contribution in [0.5, 0.6) is 5.88 Å². The van der Waals surface area contributed by atoms with Crippen LogP contribution in [0.3, 0.4) is 0 Å². The van der Waals surface area contributed by atoms with Crippen molar-refractivity contribution in [2.24, 2.45) is 5.92 Å². The standard InChI is InChI=1S/C20H27N5O2/c1-15-10-23-19(24-11-15)22-8-5-17-6-9-27-20(17)13-25(14-20)12-16-4-3-7-21-18(16)26-2/h3-4,7,10-11,17H,5-6,8-9,12-14H2,1-2H3,(H,22,23,24). The van der Waals surface area contributed by atoms with Gasteiger partial charge in [-0.2, -0.15) is 0 Å². The van der Waals surface area contributed by atoms with Crippen molar-refractivity contribution in [2.75, 3.05) is 38.7 Å². The maximum Gasteiger partial charge on any atom is 0.222 e. The van der Waals surface area contributed by atoms with Gasteiger partial charge in [0.1, 0.15) is 0 Å². The van der Waals surface area contributed by atoms with E-state index in [-0.39, 0.29) is 5.60 Å². The Morgan fingerprint density at radius 3 is 2.89 bits per heavy atom. The number of nitrogens with one attached hydrogen (secondary N) is 1. The molecule has 7 heteroatoms. The van der Waals surface area contributed by atoms with Crippen molar-refractivity contribution < 1.29 is 9.47 Å². The number of ether oxygens (including phenoxy) is 2. The number of rotatable bonds is 7. The second kappa shape index (κ2) is 7.78. The van der Waals surface area contributed by atoms with E-state index in [1.807, 2.05) is 25.4 Å². The van der Waals surface area contributed by atoms with Crippen molar-refractivity contribution in [2.45, 2.75) is 31.9 Å². The summed E-state index contributed by atoms with van der Waals surface area (Å²) < 4.78 is 11.6. The van der Waals surface area contributed by atoms with Crippen molar-refractivity contribution in [3.63, 3.8) is 0 Å². The summed E-state index contributed by atoms with van der Waals surface area (Å²) in [6.07, 6.45) is 7.64. The SMILES string of the molecule is COc1ncccc1CN1CC2(C1)OCCC2CCNc1ncc(C)cn1. The second-order valence-corrected chi connectivity index (χ2v) is 7.52. The van der Waals surface area contributed by atoms with E-state index >= 15 is 0 Å². The van der Waals surface area contributed by atoms with Crippen molar-refractivity contribution in [1.82, 2.24) is 19.9 Å². The zero-order valence-electron chi connectivity index (χ0n) is 16.0. The fourth-order valence-corrected chi connectivity index (χ4v) is 4.18. The van der Waals surface area contributed by atoms with Crippen LogP contribution in [0.2, 0.25) is 0 Å². The molecule has 0 saturated carbocycles. The van der Waals surface area contributed by atoms with Gasteiger partial charge >= 0.3 is 0 Å². The van der Waals surface area contributed by atoms with Gasteiger partial charge in [0.15, 0.2) is 0 Å². The lowest BCUT2D eigenvalue weighted by atomic mass is 9.79. The first kappa shape index (κ1) is 18.1. The third-order valence-corrected chi connectivity index (χ3v) is 5.58. The summed E-state index contributed by atoms with van der Waals surface area (Å²) >= 11 is 0. The number of aromatic nitrogens is 3. The molecule has 2 saturated heterocycles. The van der Waals surface area contributed by atoms with Gasteiger partial charge in [-0.3, -0.25) is 4.90 Å². The molecule has 0 amide bonds. The molecule has 144 valence electrons. The van der Waals surface area contributed by atoms with Crippen LogP contribution in [-0.4, -0.2) is 58.8 Å². The predicted molar refractivity (Wildman–Crippen MR) is 103 cm³/mol. The second-order valence-electron chi connectivity index (χ2n) is 7.52. The van der Waals surface area contributed by atoms with E-state index in [0.29, 0.717) is 17.7 Å². The smallest absolute Gasteiger partial charge is 0.222 e. The topological polar surface area (TPSA) is 72.4 Å². The average molecular weight is 369 g/mol. The van der Waals surface area contributed by atoms with Crippen LogP contribution in [0.15, 0.2) is 30.7 Å². The van der Waals surface area contributed by atoms with E-state index in [2.05, 4.69) is 31.2 Å². The van der Waals surface area contributed by atoms with Gasteiger partial charge in [-0.15, -0.1) is 0 Å². The fraction of sp³-hybridized carbons (Fsp3) is 0.550. The maximum atomic E-state index is 6.18. The highest BCUT2D eigenvalue weighted by molar-refractivity contribution is 5.26. The first-order valence-electron chi connectivity index (χ1n) is 9.55. The lowest BCUT2D eigenvalue weighted by Crippen LogP contribution is -2.64. The molecule has 1 unspecified atom stereocenters. The fourth-order valence-electron chi connectivity index (χ4n) is 4.18. The van der Waals surface area contributed by atoms with Crippen LogP contribution >= 0.6 is 0 Å². The number of nitrogens with zero attached hydrogens (tertiary/aromatic N) is 4. The molecule has 0 bridgehead atoms. The van der Waals surface area contributed by atoms with Crippen molar-refractivity contribution in [3.05, 3.63) is 41.9 Å². The molecule has 1 spiro atoms. The molecule has 27 heavy (non-hydrogen) atoms. The zero-order valence-corrected chi connectivity index (χ0v) is 16.0. The van der Waals surface area contributed by atoms with Gasteiger partial charge in [-0.05, 0) is 37.3 Å². The molecule has 7 nitrogen and oxygen atoms in total. The predicted octanol–water partition coefficient (Wildman–Crippen LogP) is 2.28. The Kier molecular flexibility index (Phi) is 5.22. The molecule has 2 aromatic rings. The highest BCUT2D eigenvalue weighted by Crippen LogP contribution is 2.42. The number of aryl methyl sites for hydroxylation is 1. The van der Waals surface area contributed by atoms with E-state index in [4.69, 9.17) is 9.47 Å². The van der Waals surface area contributed by atoms with E-state index in [0.717, 1.165) is 56.8 Å². The Morgan fingerprint density at radius 1 is 1.30 bits per heavy atom. The number of anilines is 1. The van der Waals surface area contributed by atoms with Crippen LogP contribution in [-0.2, 0) is 11.3 Å². The lowest BCUT2D eigenvalue weighted by molar-refractivity contribution is -0.136. The van der Waals surface area contributed by atoms with Crippen LogP contribution in [0.25, 0.3) is 0 Å². The van der Waals surface area contributed by atoms with Gasteiger partial charge in [-0.1, -0.05) is 6.07 Å². The minimum atomic E-state index is 0.00522. The largest absolute Gasteiger partial charge is 0.481 e. The summed E-state index contributed by atoms with van der Waals surface area (Å²) in [6.45, 7) is 6.51. The molecule has 1 atom stereocenters. The summed E-state index contributed by atoms with van der Waals surface area (Å²) in [6, 6.07) is 4.04. The first-order valence-corrected chi connectivity index (χ1v) is 9.55. The van der Waals surface area contributed by atoms with Crippen LogP contribution < -0.4 is 10.1 Å². The summed E-state index contributed by atoms with van der Waals surface area (Å²) in [5.74, 6) is 1.99. The highest BCUT2D eigenvalue weighted by Gasteiger charge is 2.52. The molecule has 4 heterocycles. The Labute approximate surface area is 160 Å². The number of methoxy groups -OCH3 is 1. The Bertz CT molecular complexity index is 761. The van der Waals surface area contributed by atoms with E-state index < -0.39 is 0 Å². The molecule has 0 radical (unpaired) electrons. The molecule has 2 aliphatic heterocycles. The molecule has 1 N–H and O–H groups in total. The van der Waals surface area contributed by atoms with Crippen molar-refractivity contribution in [1.29, 1.82) is 0 Å². The molecular formula is C20H27N5O2. The zero-order chi connectivity index (χ0) is 18.7. The number of pyridine rings is 1. The van der Waals surface area contributed by atoms with Crippen molar-refractivity contribution in [3.8, 4) is 5.88 Å². The molecule has 2 aliphatic rings. The lowest BCUT2D eigenvalue weighted by Gasteiger charge is -2.50. The maximum absolute atomic E-state index is 6.18. The molecule has 2 fully saturated rings. The summed E-state index contributed by atoms with van der Waals surface area (Å²) in [5.41, 5.74) is 2.21.